The second-order valence-corrected chi connectivity index (χ2v) is 6.97. The van der Waals surface area contributed by atoms with Gasteiger partial charge < -0.3 is 5.73 Å². The van der Waals surface area contributed by atoms with Crippen molar-refractivity contribution in [2.24, 2.45) is 11.1 Å². The van der Waals surface area contributed by atoms with Gasteiger partial charge >= 0.3 is 0 Å². The van der Waals surface area contributed by atoms with E-state index in [1.54, 1.807) is 0 Å². The van der Waals surface area contributed by atoms with Crippen molar-refractivity contribution in [1.29, 1.82) is 0 Å². The van der Waals surface area contributed by atoms with E-state index in [0.29, 0.717) is 4.75 Å². The molecule has 0 amide bonds. The van der Waals surface area contributed by atoms with Crippen LogP contribution in [0.1, 0.15) is 51.9 Å². The van der Waals surface area contributed by atoms with Gasteiger partial charge in [0.1, 0.15) is 0 Å². The van der Waals surface area contributed by atoms with Crippen LogP contribution in [0.2, 0.25) is 0 Å². The van der Waals surface area contributed by atoms with Crippen LogP contribution in [0.4, 0.5) is 0 Å². The lowest BCUT2D eigenvalue weighted by Gasteiger charge is -2.57. The van der Waals surface area contributed by atoms with Crippen molar-refractivity contribution < 1.29 is 0 Å². The molecule has 2 saturated carbocycles. The van der Waals surface area contributed by atoms with Crippen LogP contribution >= 0.6 is 11.8 Å². The number of hydrogen-bond donors (Lipinski definition) is 1. The Morgan fingerprint density at radius 1 is 1.14 bits per heavy atom. The summed E-state index contributed by atoms with van der Waals surface area (Å²) < 4.78 is 0.478. The molecule has 2 N–H and O–H groups in total. The molecule has 2 heteroatoms. The van der Waals surface area contributed by atoms with Crippen molar-refractivity contribution in [3.05, 3.63) is 0 Å². The lowest BCUT2D eigenvalue weighted by Crippen LogP contribution is -2.54. The molecule has 0 heterocycles. The fourth-order valence-electron chi connectivity index (χ4n) is 3.58. The lowest BCUT2D eigenvalue weighted by molar-refractivity contribution is 0.0402. The van der Waals surface area contributed by atoms with Gasteiger partial charge in [0.15, 0.2) is 0 Å². The Morgan fingerprint density at radius 2 is 1.79 bits per heavy atom. The van der Waals surface area contributed by atoms with Crippen molar-refractivity contribution in [2.45, 2.75) is 56.6 Å². The molecule has 0 saturated heterocycles. The van der Waals surface area contributed by atoms with E-state index < -0.39 is 0 Å². The van der Waals surface area contributed by atoms with Crippen LogP contribution in [0.15, 0.2) is 0 Å². The highest BCUT2D eigenvalue weighted by atomic mass is 32.2. The molecule has 2 aliphatic rings. The summed E-state index contributed by atoms with van der Waals surface area (Å²) in [5.41, 5.74) is 6.66. The first kappa shape index (κ1) is 10.8. The van der Waals surface area contributed by atoms with Crippen molar-refractivity contribution in [3.8, 4) is 0 Å². The molecule has 0 bridgehead atoms. The Bertz CT molecular complexity index is 181. The zero-order chi connectivity index (χ0) is 10.1. The fourth-order valence-corrected chi connectivity index (χ4v) is 5.13. The Hall–Kier alpha value is 0.310. The number of hydrogen-bond acceptors (Lipinski definition) is 2. The molecule has 2 rings (SSSR count). The van der Waals surface area contributed by atoms with Gasteiger partial charge in [0.05, 0.1) is 0 Å². The molecule has 0 radical (unpaired) electrons. The summed E-state index contributed by atoms with van der Waals surface area (Å²) in [6.45, 7) is 3.15. The molecule has 2 aliphatic carbocycles. The van der Waals surface area contributed by atoms with Crippen molar-refractivity contribution in [3.63, 3.8) is 0 Å². The number of rotatable bonds is 3. The zero-order valence-electron chi connectivity index (χ0n) is 9.35. The molecule has 1 spiro atoms. The predicted molar refractivity (Wildman–Crippen MR) is 64.7 cm³/mol. The monoisotopic (exact) mass is 213 g/mol. The first-order valence-electron chi connectivity index (χ1n) is 6.08. The average molecular weight is 213 g/mol. The van der Waals surface area contributed by atoms with E-state index in [2.05, 4.69) is 18.7 Å². The summed E-state index contributed by atoms with van der Waals surface area (Å²) in [5.74, 6) is 1.23. The van der Waals surface area contributed by atoms with E-state index in [4.69, 9.17) is 5.73 Å². The quantitative estimate of drug-likeness (QED) is 0.779. The zero-order valence-corrected chi connectivity index (χ0v) is 10.2. The maximum atomic E-state index is 5.92. The molecular formula is C12H23NS. The summed E-state index contributed by atoms with van der Waals surface area (Å²) in [6, 6.07) is 0. The average Bonchev–Trinajstić information content (AvgIpc) is 2.17. The maximum Gasteiger partial charge on any atom is 0.0292 e. The number of thioether (sulfide) groups is 1. The summed E-state index contributed by atoms with van der Waals surface area (Å²) in [7, 11) is 0. The fraction of sp³-hybridized carbons (Fsp3) is 1.00. The highest BCUT2D eigenvalue weighted by Crippen LogP contribution is 2.61. The third-order valence-corrected chi connectivity index (χ3v) is 5.49. The van der Waals surface area contributed by atoms with E-state index in [9.17, 15) is 0 Å². The standard InChI is InChI=1S/C12H23NS/c1-2-14-12(10-13)8-11(9-12)6-4-3-5-7-11/h2-10,13H2,1H3. The summed E-state index contributed by atoms with van der Waals surface area (Å²) in [4.78, 5) is 0. The van der Waals surface area contributed by atoms with Crippen molar-refractivity contribution >= 4 is 11.8 Å². The van der Waals surface area contributed by atoms with Crippen LogP contribution in [0, 0.1) is 5.41 Å². The van der Waals surface area contributed by atoms with Crippen LogP contribution < -0.4 is 5.73 Å². The smallest absolute Gasteiger partial charge is 0.0292 e. The Balaban J connectivity index is 1.91. The second kappa shape index (κ2) is 4.05. The van der Waals surface area contributed by atoms with Crippen molar-refractivity contribution in [1.82, 2.24) is 0 Å². The normalized spacial score (nSPS) is 28.7. The SMILES string of the molecule is CCSC1(CN)CC2(CCCCC2)C1. The van der Waals surface area contributed by atoms with Crippen LogP contribution in [0.25, 0.3) is 0 Å². The third kappa shape index (κ3) is 1.83. The van der Waals surface area contributed by atoms with Gasteiger partial charge in [-0.3, -0.25) is 0 Å². The third-order valence-electron chi connectivity index (χ3n) is 4.13. The minimum absolute atomic E-state index is 0.478. The first-order chi connectivity index (χ1) is 6.74. The van der Waals surface area contributed by atoms with E-state index in [0.717, 1.165) is 12.0 Å². The highest BCUT2D eigenvalue weighted by molar-refractivity contribution is 8.00. The summed E-state index contributed by atoms with van der Waals surface area (Å²) >= 11 is 2.11. The topological polar surface area (TPSA) is 26.0 Å². The summed E-state index contributed by atoms with van der Waals surface area (Å²) in [6.07, 6.45) is 10.2. The van der Waals surface area contributed by atoms with E-state index in [1.807, 2.05) is 0 Å². The van der Waals surface area contributed by atoms with Gasteiger partial charge in [0.25, 0.3) is 0 Å². The van der Waals surface area contributed by atoms with Crippen LogP contribution in [-0.4, -0.2) is 17.0 Å². The van der Waals surface area contributed by atoms with Gasteiger partial charge in [-0.25, -0.2) is 0 Å². The molecule has 82 valence electrons. The molecular weight excluding hydrogens is 190 g/mol. The van der Waals surface area contributed by atoms with Gasteiger partial charge in [-0.05, 0) is 36.9 Å². The van der Waals surface area contributed by atoms with E-state index in [-0.39, 0.29) is 0 Å². The summed E-state index contributed by atoms with van der Waals surface area (Å²) in [5, 5.41) is 0. The van der Waals surface area contributed by atoms with Crippen molar-refractivity contribution in [2.75, 3.05) is 12.3 Å². The molecule has 0 aromatic heterocycles. The molecule has 0 aromatic rings. The molecule has 0 unspecified atom stereocenters. The molecule has 2 fully saturated rings. The van der Waals surface area contributed by atoms with Gasteiger partial charge in [0.2, 0.25) is 0 Å². The molecule has 0 aromatic carbocycles. The molecule has 0 aliphatic heterocycles. The van der Waals surface area contributed by atoms with Gasteiger partial charge in [-0.1, -0.05) is 26.2 Å². The second-order valence-electron chi connectivity index (χ2n) is 5.23. The van der Waals surface area contributed by atoms with Crippen LogP contribution in [0.5, 0.6) is 0 Å². The molecule has 14 heavy (non-hydrogen) atoms. The maximum absolute atomic E-state index is 5.92. The lowest BCUT2D eigenvalue weighted by atomic mass is 9.55. The molecule has 0 atom stereocenters. The van der Waals surface area contributed by atoms with E-state index >= 15 is 0 Å². The highest BCUT2D eigenvalue weighted by Gasteiger charge is 2.53. The number of nitrogens with two attached hydrogens (primary N) is 1. The predicted octanol–water partition coefficient (Wildman–Crippen LogP) is 3.18. The largest absolute Gasteiger partial charge is 0.329 e. The Labute approximate surface area is 92.2 Å². The first-order valence-corrected chi connectivity index (χ1v) is 7.07. The van der Waals surface area contributed by atoms with Crippen LogP contribution in [0.3, 0.4) is 0 Å². The van der Waals surface area contributed by atoms with Crippen LogP contribution in [-0.2, 0) is 0 Å². The van der Waals surface area contributed by atoms with E-state index in [1.165, 1.54) is 50.7 Å². The Kier molecular flexibility index (Phi) is 3.13. The molecule has 1 nitrogen and oxygen atoms in total. The minimum atomic E-state index is 0.478. The van der Waals surface area contributed by atoms with Gasteiger partial charge in [-0.15, -0.1) is 0 Å². The van der Waals surface area contributed by atoms with Gasteiger partial charge in [0, 0.05) is 11.3 Å². The minimum Gasteiger partial charge on any atom is -0.329 e. The van der Waals surface area contributed by atoms with Gasteiger partial charge in [-0.2, -0.15) is 11.8 Å². The Morgan fingerprint density at radius 3 is 2.29 bits per heavy atom.